The zero-order chi connectivity index (χ0) is 18.9. The second-order valence-corrected chi connectivity index (χ2v) is 8.94. The zero-order valence-electron chi connectivity index (χ0n) is 15.3. The highest BCUT2D eigenvalue weighted by molar-refractivity contribution is 7.89. The summed E-state index contributed by atoms with van der Waals surface area (Å²) in [6.07, 6.45) is 3.71. The molecular formula is C18H24N4O3S. The van der Waals surface area contributed by atoms with Gasteiger partial charge >= 0.3 is 0 Å². The molecule has 0 N–H and O–H groups in total. The van der Waals surface area contributed by atoms with E-state index in [0.717, 1.165) is 22.8 Å². The fourth-order valence-electron chi connectivity index (χ4n) is 3.19. The molecule has 26 heavy (non-hydrogen) atoms. The number of carbonyl (C=O) groups excluding carboxylic acids is 1. The van der Waals surface area contributed by atoms with Gasteiger partial charge in [0, 0.05) is 51.9 Å². The minimum atomic E-state index is -3.48. The standard InChI is InChI=1S/C18H24N4O3S/c1-20(2)26(24,25)16-6-4-15(5-7-16)18(23)22-12-8-14(9-13-22)17-10-11-21(3)19-17/h4-7,10-11,14H,8-9,12-13H2,1-3H3. The second kappa shape index (κ2) is 7.20. The van der Waals surface area contributed by atoms with Crippen molar-refractivity contribution in [2.45, 2.75) is 23.7 Å². The number of carbonyl (C=O) groups is 1. The lowest BCUT2D eigenvalue weighted by molar-refractivity contribution is 0.0712. The Labute approximate surface area is 154 Å². The van der Waals surface area contributed by atoms with Gasteiger partial charge in [-0.2, -0.15) is 5.10 Å². The van der Waals surface area contributed by atoms with E-state index in [0.29, 0.717) is 24.6 Å². The molecular weight excluding hydrogens is 352 g/mol. The van der Waals surface area contributed by atoms with Crippen LogP contribution in [-0.2, 0) is 17.1 Å². The number of aromatic nitrogens is 2. The molecule has 0 spiro atoms. The Kier molecular flexibility index (Phi) is 5.15. The average molecular weight is 376 g/mol. The van der Waals surface area contributed by atoms with Gasteiger partial charge in [0.1, 0.15) is 0 Å². The van der Waals surface area contributed by atoms with Crippen LogP contribution in [0.1, 0.15) is 34.8 Å². The molecule has 1 aliphatic heterocycles. The molecule has 1 aliphatic rings. The van der Waals surface area contributed by atoms with Crippen molar-refractivity contribution < 1.29 is 13.2 Å². The Morgan fingerprint density at radius 3 is 2.23 bits per heavy atom. The van der Waals surface area contributed by atoms with Crippen molar-refractivity contribution in [3.8, 4) is 0 Å². The van der Waals surface area contributed by atoms with E-state index in [2.05, 4.69) is 5.10 Å². The van der Waals surface area contributed by atoms with Gasteiger partial charge in [0.25, 0.3) is 5.91 Å². The van der Waals surface area contributed by atoms with Gasteiger partial charge < -0.3 is 4.90 Å². The second-order valence-electron chi connectivity index (χ2n) is 6.79. The van der Waals surface area contributed by atoms with Crippen LogP contribution in [0.25, 0.3) is 0 Å². The van der Waals surface area contributed by atoms with Gasteiger partial charge in [-0.25, -0.2) is 12.7 Å². The molecule has 140 valence electrons. The molecule has 2 aromatic rings. The molecule has 1 aromatic carbocycles. The highest BCUT2D eigenvalue weighted by Gasteiger charge is 2.26. The lowest BCUT2D eigenvalue weighted by Crippen LogP contribution is -2.38. The highest BCUT2D eigenvalue weighted by atomic mass is 32.2. The maximum Gasteiger partial charge on any atom is 0.253 e. The summed E-state index contributed by atoms with van der Waals surface area (Å²) in [4.78, 5) is 14.7. The summed E-state index contributed by atoms with van der Waals surface area (Å²) in [5.41, 5.74) is 1.59. The van der Waals surface area contributed by atoms with Crippen LogP contribution in [0.5, 0.6) is 0 Å². The third kappa shape index (κ3) is 3.66. The Balaban J connectivity index is 1.65. The van der Waals surface area contributed by atoms with E-state index in [9.17, 15) is 13.2 Å². The molecule has 1 saturated heterocycles. The molecule has 1 fully saturated rings. The Hall–Kier alpha value is -2.19. The molecule has 0 bridgehead atoms. The number of sulfonamides is 1. The lowest BCUT2D eigenvalue weighted by Gasteiger charge is -2.31. The van der Waals surface area contributed by atoms with Crippen molar-refractivity contribution >= 4 is 15.9 Å². The van der Waals surface area contributed by atoms with Crippen molar-refractivity contribution in [3.05, 3.63) is 47.8 Å². The molecule has 3 rings (SSSR count). The first-order valence-electron chi connectivity index (χ1n) is 8.60. The van der Waals surface area contributed by atoms with E-state index in [1.807, 2.05) is 24.2 Å². The van der Waals surface area contributed by atoms with Crippen LogP contribution < -0.4 is 0 Å². The smallest absolute Gasteiger partial charge is 0.253 e. The molecule has 7 nitrogen and oxygen atoms in total. The minimum Gasteiger partial charge on any atom is -0.339 e. The van der Waals surface area contributed by atoms with Gasteiger partial charge in [-0.3, -0.25) is 9.48 Å². The third-order valence-electron chi connectivity index (χ3n) is 4.81. The summed E-state index contributed by atoms with van der Waals surface area (Å²) < 4.78 is 27.2. The maximum absolute atomic E-state index is 12.7. The fourth-order valence-corrected chi connectivity index (χ4v) is 4.09. The summed E-state index contributed by atoms with van der Waals surface area (Å²) in [6.45, 7) is 1.36. The number of benzene rings is 1. The van der Waals surface area contributed by atoms with E-state index < -0.39 is 10.0 Å². The molecule has 0 unspecified atom stereocenters. The number of likely N-dealkylation sites (tertiary alicyclic amines) is 1. The van der Waals surface area contributed by atoms with Crippen LogP contribution in [-0.4, -0.2) is 60.5 Å². The van der Waals surface area contributed by atoms with Gasteiger partial charge in [0.2, 0.25) is 10.0 Å². The van der Waals surface area contributed by atoms with Gasteiger partial charge in [0.05, 0.1) is 10.6 Å². The molecule has 1 amide bonds. The van der Waals surface area contributed by atoms with Crippen molar-refractivity contribution in [1.82, 2.24) is 19.0 Å². The van der Waals surface area contributed by atoms with Crippen molar-refractivity contribution in [2.24, 2.45) is 7.05 Å². The summed E-state index contributed by atoms with van der Waals surface area (Å²) in [7, 11) is 1.40. The van der Waals surface area contributed by atoms with Gasteiger partial charge in [-0.05, 0) is 43.2 Å². The predicted molar refractivity (Wildman–Crippen MR) is 98.4 cm³/mol. The number of rotatable bonds is 4. The van der Waals surface area contributed by atoms with E-state index in [1.165, 1.54) is 26.2 Å². The van der Waals surface area contributed by atoms with Crippen LogP contribution in [0.15, 0.2) is 41.4 Å². The highest BCUT2D eigenvalue weighted by Crippen LogP contribution is 2.27. The molecule has 0 radical (unpaired) electrons. The van der Waals surface area contributed by atoms with E-state index in [4.69, 9.17) is 0 Å². The number of hydrogen-bond donors (Lipinski definition) is 0. The zero-order valence-corrected chi connectivity index (χ0v) is 16.1. The van der Waals surface area contributed by atoms with Crippen LogP contribution in [0, 0.1) is 0 Å². The van der Waals surface area contributed by atoms with Gasteiger partial charge in [0.15, 0.2) is 0 Å². The van der Waals surface area contributed by atoms with Crippen LogP contribution >= 0.6 is 0 Å². The number of hydrogen-bond acceptors (Lipinski definition) is 4. The monoisotopic (exact) mass is 376 g/mol. The van der Waals surface area contributed by atoms with Crippen LogP contribution in [0.3, 0.4) is 0 Å². The molecule has 0 aliphatic carbocycles. The first-order valence-corrected chi connectivity index (χ1v) is 10.0. The first kappa shape index (κ1) is 18.6. The fraction of sp³-hybridized carbons (Fsp3) is 0.444. The predicted octanol–water partition coefficient (Wildman–Crippen LogP) is 1.69. The molecule has 0 saturated carbocycles. The molecule has 0 atom stereocenters. The number of aryl methyl sites for hydroxylation is 1. The topological polar surface area (TPSA) is 75.5 Å². The molecule has 2 heterocycles. The Bertz CT molecular complexity index is 879. The van der Waals surface area contributed by atoms with Crippen molar-refractivity contribution in [1.29, 1.82) is 0 Å². The SMILES string of the molecule is CN(C)S(=O)(=O)c1ccc(C(=O)N2CCC(c3ccn(C)n3)CC2)cc1. The van der Waals surface area contributed by atoms with Gasteiger partial charge in [-0.1, -0.05) is 0 Å². The largest absolute Gasteiger partial charge is 0.339 e. The summed E-state index contributed by atoms with van der Waals surface area (Å²) in [6, 6.07) is 8.19. The Morgan fingerprint density at radius 1 is 1.12 bits per heavy atom. The normalized spacial score (nSPS) is 16.2. The number of nitrogens with zero attached hydrogens (tertiary/aromatic N) is 4. The van der Waals surface area contributed by atoms with E-state index in [-0.39, 0.29) is 10.8 Å². The summed E-state index contributed by atoms with van der Waals surface area (Å²) >= 11 is 0. The first-order chi connectivity index (χ1) is 12.3. The van der Waals surface area contributed by atoms with Gasteiger partial charge in [-0.15, -0.1) is 0 Å². The van der Waals surface area contributed by atoms with Crippen molar-refractivity contribution in [2.75, 3.05) is 27.2 Å². The van der Waals surface area contributed by atoms with Crippen molar-refractivity contribution in [3.63, 3.8) is 0 Å². The summed E-state index contributed by atoms with van der Waals surface area (Å²) in [5.74, 6) is 0.325. The molecule has 8 heteroatoms. The Morgan fingerprint density at radius 2 is 1.73 bits per heavy atom. The van der Waals surface area contributed by atoms with Crippen LogP contribution in [0.4, 0.5) is 0 Å². The van der Waals surface area contributed by atoms with E-state index in [1.54, 1.807) is 16.8 Å². The minimum absolute atomic E-state index is 0.0572. The third-order valence-corrected chi connectivity index (χ3v) is 6.64. The number of piperidine rings is 1. The van der Waals surface area contributed by atoms with E-state index >= 15 is 0 Å². The quantitative estimate of drug-likeness (QED) is 0.814. The maximum atomic E-state index is 12.7. The van der Waals surface area contributed by atoms with Crippen LogP contribution in [0.2, 0.25) is 0 Å². The average Bonchev–Trinajstić information content (AvgIpc) is 3.07. The lowest BCUT2D eigenvalue weighted by atomic mass is 9.93. The number of amides is 1. The molecule has 1 aromatic heterocycles. The summed E-state index contributed by atoms with van der Waals surface area (Å²) in [5, 5.41) is 4.46.